The van der Waals surface area contributed by atoms with Gasteiger partial charge in [-0.2, -0.15) is 0 Å². The zero-order valence-corrected chi connectivity index (χ0v) is 34.2. The monoisotopic (exact) mass is 892 g/mol. The second kappa shape index (κ2) is 27.0. The van der Waals surface area contributed by atoms with Gasteiger partial charge in [-0.1, -0.05) is 12.1 Å². The molecule has 0 aromatic carbocycles. The fourth-order valence-corrected chi connectivity index (χ4v) is 7.67. The molecule has 2 aromatic heterocycles. The molecule has 12 N–H and O–H groups in total. The molecular formula is C37H48N8O14S2. The van der Waals surface area contributed by atoms with Gasteiger partial charge in [0.25, 0.3) is 0 Å². The van der Waals surface area contributed by atoms with Crippen molar-refractivity contribution >= 4 is 82.6 Å². The molecule has 0 fully saturated rings. The second-order valence-corrected chi connectivity index (χ2v) is 15.7. The number of carboxylic acid groups (broad SMARTS) is 4. The van der Waals surface area contributed by atoms with Crippen LogP contribution in [0.4, 0.5) is 0 Å². The fourth-order valence-electron chi connectivity index (χ4n) is 5.12. The molecule has 2 heterocycles. The highest BCUT2D eigenvalue weighted by molar-refractivity contribution is 7.99. The van der Waals surface area contributed by atoms with E-state index < -0.39 is 113 Å². The van der Waals surface area contributed by atoms with Gasteiger partial charge in [0.05, 0.1) is 28.3 Å². The van der Waals surface area contributed by atoms with Crippen molar-refractivity contribution in [3.63, 3.8) is 0 Å². The summed E-state index contributed by atoms with van der Waals surface area (Å²) >= 11 is 2.04. The highest BCUT2D eigenvalue weighted by Gasteiger charge is 2.29. The van der Waals surface area contributed by atoms with Crippen LogP contribution >= 0.6 is 23.5 Å². The van der Waals surface area contributed by atoms with Crippen molar-refractivity contribution in [3.8, 4) is 0 Å². The average molecular weight is 893 g/mol. The maximum atomic E-state index is 13.5. The smallest absolute Gasteiger partial charge is 0.322 e. The molecule has 61 heavy (non-hydrogen) atoms. The van der Waals surface area contributed by atoms with Gasteiger partial charge >= 0.3 is 23.9 Å². The number of Topliss-reactive ketones (excluding diaryl/α,β-unsaturated/α-hetero) is 2. The van der Waals surface area contributed by atoms with Crippen LogP contribution in [-0.4, -0.2) is 138 Å². The quantitative estimate of drug-likeness (QED) is 0.0411. The molecule has 2 rings (SSSR count). The number of aromatic nitrogens is 2. The molecule has 22 nitrogen and oxygen atoms in total. The van der Waals surface area contributed by atoms with E-state index in [1.54, 1.807) is 36.4 Å². The highest BCUT2D eigenvalue weighted by atomic mass is 32.2. The number of nitrogens with one attached hydrogen (secondary N) is 4. The van der Waals surface area contributed by atoms with Crippen LogP contribution in [0.5, 0.6) is 0 Å². The molecule has 0 spiro atoms. The highest BCUT2D eigenvalue weighted by Crippen LogP contribution is 2.34. The van der Waals surface area contributed by atoms with Crippen LogP contribution in [0.15, 0.2) is 48.8 Å². The SMILES string of the molecule is N[C@H](CCC(=O)N[C@@H](CSC(CC(=O)CC(=O)CC(SC[C@H](NC(=O)CC[C@@H](N)C(=O)O)C(=O)NCC(=O)O)c1ccccn1)c1ccccn1)C(=O)NCC(=O)O)C(=O)O. The number of rotatable bonds is 30. The molecular weight excluding hydrogens is 845 g/mol. The van der Waals surface area contributed by atoms with Crippen molar-refractivity contribution in [1.82, 2.24) is 31.2 Å². The third-order valence-electron chi connectivity index (χ3n) is 8.31. The van der Waals surface area contributed by atoms with E-state index in [1.165, 1.54) is 12.4 Å². The Labute approximate surface area is 357 Å². The number of thioether (sulfide) groups is 2. The lowest BCUT2D eigenvalue weighted by molar-refractivity contribution is -0.140. The lowest BCUT2D eigenvalue weighted by Gasteiger charge is -2.22. The zero-order chi connectivity index (χ0) is 45.5. The predicted molar refractivity (Wildman–Crippen MR) is 218 cm³/mol. The van der Waals surface area contributed by atoms with E-state index in [0.29, 0.717) is 11.4 Å². The Bertz CT molecular complexity index is 1730. The normalized spacial score (nSPS) is 13.8. The largest absolute Gasteiger partial charge is 0.480 e. The number of carbonyl (C=O) groups excluding carboxylic acids is 6. The maximum absolute atomic E-state index is 13.5. The van der Waals surface area contributed by atoms with Gasteiger partial charge in [-0.3, -0.25) is 57.9 Å². The van der Waals surface area contributed by atoms with Gasteiger partial charge in [0.15, 0.2) is 0 Å². The first-order valence-corrected chi connectivity index (χ1v) is 20.6. The number of hydrogen-bond donors (Lipinski definition) is 10. The van der Waals surface area contributed by atoms with Crippen molar-refractivity contribution in [1.29, 1.82) is 0 Å². The zero-order valence-electron chi connectivity index (χ0n) is 32.6. The minimum Gasteiger partial charge on any atom is -0.480 e. The Morgan fingerprint density at radius 1 is 0.590 bits per heavy atom. The van der Waals surface area contributed by atoms with Gasteiger partial charge < -0.3 is 53.2 Å². The summed E-state index contributed by atoms with van der Waals surface area (Å²) < 4.78 is 0. The van der Waals surface area contributed by atoms with Crippen molar-refractivity contribution in [2.45, 2.75) is 79.6 Å². The Balaban J connectivity index is 2.22. The summed E-state index contributed by atoms with van der Waals surface area (Å²) in [5.41, 5.74) is 11.7. The number of amides is 4. The summed E-state index contributed by atoms with van der Waals surface area (Å²) in [5.74, 6) is -10.1. The molecule has 0 bridgehead atoms. The van der Waals surface area contributed by atoms with Gasteiger partial charge in [-0.25, -0.2) is 0 Å². The molecule has 0 radical (unpaired) electrons. The minimum atomic E-state index is -1.35. The second-order valence-electron chi connectivity index (χ2n) is 13.2. The summed E-state index contributed by atoms with van der Waals surface area (Å²) in [6.07, 6.45) is 0.579. The van der Waals surface area contributed by atoms with E-state index in [9.17, 15) is 47.9 Å². The Kier molecular flexibility index (Phi) is 22.6. The average Bonchev–Trinajstić information content (AvgIpc) is 3.22. The minimum absolute atomic E-state index is 0.201. The van der Waals surface area contributed by atoms with Gasteiger partial charge in [-0.05, 0) is 37.1 Å². The summed E-state index contributed by atoms with van der Waals surface area (Å²) in [6.45, 7) is -1.53. The molecule has 0 saturated heterocycles. The Morgan fingerprint density at radius 3 is 1.28 bits per heavy atom. The maximum Gasteiger partial charge on any atom is 0.322 e. The van der Waals surface area contributed by atoms with Crippen LogP contribution in [0.25, 0.3) is 0 Å². The van der Waals surface area contributed by atoms with Crippen molar-refractivity contribution in [2.24, 2.45) is 11.5 Å². The molecule has 2 aromatic rings. The van der Waals surface area contributed by atoms with Crippen LogP contribution in [0.3, 0.4) is 0 Å². The molecule has 2 unspecified atom stereocenters. The Morgan fingerprint density at radius 2 is 0.967 bits per heavy atom. The van der Waals surface area contributed by atoms with Crippen LogP contribution in [0, 0.1) is 0 Å². The topological polar surface area (TPSA) is 378 Å². The lowest BCUT2D eigenvalue weighted by atomic mass is 10.0. The third kappa shape index (κ3) is 20.7. The number of carboxylic acids is 4. The number of carbonyl (C=O) groups is 10. The first kappa shape index (κ1) is 51.2. The van der Waals surface area contributed by atoms with E-state index in [2.05, 4.69) is 31.2 Å². The van der Waals surface area contributed by atoms with E-state index in [1.807, 2.05) is 0 Å². The molecule has 332 valence electrons. The molecule has 6 atom stereocenters. The molecule has 0 aliphatic rings. The van der Waals surface area contributed by atoms with Crippen LogP contribution in [0.2, 0.25) is 0 Å². The van der Waals surface area contributed by atoms with E-state index in [-0.39, 0.29) is 50.0 Å². The molecule has 4 amide bonds. The third-order valence-corrected chi connectivity index (χ3v) is 11.0. The summed E-state index contributed by atoms with van der Waals surface area (Å²) in [6, 6.07) is 4.39. The standard InChI is InChI=1S/C37H48N8O14S2/c38-22(36(56)57)7-9-30(48)44-26(34(54)42-16-32(50)51)18-60-28(24-5-1-3-11-40-24)14-20(46)13-21(47)15-29(25-6-2-4-12-41-25)61-19-27(35(55)43-17-33(52)53)45-31(49)10-8-23(39)37(58)59/h1-6,11-12,22-23,26-29H,7-10,13-19,38-39H2,(H,42,54)(H,43,55)(H,44,48)(H,45,49)(H,50,51)(H,52,53)(H,56,57)(H,58,59)/t22-,23-,26+,27+,28?,29?/m1/s1. The number of hydrogen-bond acceptors (Lipinski definition) is 16. The van der Waals surface area contributed by atoms with Gasteiger partial charge in [0.2, 0.25) is 23.6 Å². The summed E-state index contributed by atoms with van der Waals surface area (Å²) in [7, 11) is 0. The van der Waals surface area contributed by atoms with Gasteiger partial charge in [0, 0.05) is 49.6 Å². The Hall–Kier alpha value is -5.98. The predicted octanol–water partition coefficient (Wildman–Crippen LogP) is -1.21. The summed E-state index contributed by atoms with van der Waals surface area (Å²) in [4.78, 5) is 131. The molecule has 0 aliphatic heterocycles. The van der Waals surface area contributed by atoms with Crippen molar-refractivity contribution < 1.29 is 68.4 Å². The van der Waals surface area contributed by atoms with Gasteiger partial charge in [-0.15, -0.1) is 23.5 Å². The summed E-state index contributed by atoms with van der Waals surface area (Å²) in [5, 5.41) is 43.9. The van der Waals surface area contributed by atoms with Crippen molar-refractivity contribution in [3.05, 3.63) is 60.2 Å². The molecule has 0 aliphatic carbocycles. The number of nitrogens with two attached hydrogens (primary N) is 2. The van der Waals surface area contributed by atoms with E-state index in [4.69, 9.17) is 31.9 Å². The van der Waals surface area contributed by atoms with Crippen molar-refractivity contribution in [2.75, 3.05) is 24.6 Å². The number of nitrogens with zero attached hydrogens (tertiary/aromatic N) is 2. The van der Waals surface area contributed by atoms with Gasteiger partial charge in [0.1, 0.15) is 48.8 Å². The molecule has 0 saturated carbocycles. The molecule has 24 heteroatoms. The van der Waals surface area contributed by atoms with Crippen LogP contribution in [0.1, 0.15) is 66.8 Å². The van der Waals surface area contributed by atoms with E-state index >= 15 is 0 Å². The first-order chi connectivity index (χ1) is 28.9. The number of ketones is 2. The number of pyridine rings is 2. The fraction of sp³-hybridized carbons (Fsp3) is 0.459. The first-order valence-electron chi connectivity index (χ1n) is 18.5. The van der Waals surface area contributed by atoms with Crippen LogP contribution in [-0.2, 0) is 47.9 Å². The lowest BCUT2D eigenvalue weighted by Crippen LogP contribution is -2.49. The number of aliphatic carboxylic acids is 4. The van der Waals surface area contributed by atoms with Crippen LogP contribution < -0.4 is 32.7 Å². The van der Waals surface area contributed by atoms with E-state index in [0.717, 1.165) is 23.5 Å².